The second kappa shape index (κ2) is 15.5. The van der Waals surface area contributed by atoms with Crippen LogP contribution in [0.3, 0.4) is 0 Å². The van der Waals surface area contributed by atoms with Crippen LogP contribution < -0.4 is 0 Å². The smallest absolute Gasteiger partial charge is 0.0351 e. The summed E-state index contributed by atoms with van der Waals surface area (Å²) >= 11 is 0. The van der Waals surface area contributed by atoms with Gasteiger partial charge in [-0.05, 0) is 44.9 Å². The van der Waals surface area contributed by atoms with Crippen molar-refractivity contribution in [3.63, 3.8) is 0 Å². The molecule has 0 heterocycles. The van der Waals surface area contributed by atoms with Crippen LogP contribution in [0, 0.1) is 6.92 Å². The first-order valence-corrected chi connectivity index (χ1v) is 7.51. The van der Waals surface area contributed by atoms with Gasteiger partial charge in [-0.15, -0.1) is 0 Å². The van der Waals surface area contributed by atoms with Crippen LogP contribution in [0.2, 0.25) is 0 Å². The molecule has 0 rings (SSSR count). The second-order valence-corrected chi connectivity index (χ2v) is 4.72. The summed E-state index contributed by atoms with van der Waals surface area (Å²) in [5.74, 6) is 0. The molecule has 0 aromatic heterocycles. The zero-order valence-electron chi connectivity index (χ0n) is 11.8. The summed E-state index contributed by atoms with van der Waals surface area (Å²) in [6.45, 7) is 6.08. The highest BCUT2D eigenvalue weighted by Gasteiger charge is 1.86. The van der Waals surface area contributed by atoms with Gasteiger partial charge in [-0.3, -0.25) is 0 Å². The summed E-state index contributed by atoms with van der Waals surface area (Å²) in [6, 6.07) is 0. The van der Waals surface area contributed by atoms with Gasteiger partial charge in [-0.2, -0.15) is 0 Å². The van der Waals surface area contributed by atoms with Crippen LogP contribution in [-0.2, 0) is 0 Å². The quantitative estimate of drug-likeness (QED) is 0.277. The molecule has 0 heteroatoms. The summed E-state index contributed by atoms with van der Waals surface area (Å²) in [5.41, 5.74) is 0. The van der Waals surface area contributed by atoms with Gasteiger partial charge in [0, 0.05) is 0 Å². The second-order valence-electron chi connectivity index (χ2n) is 4.72. The first-order valence-electron chi connectivity index (χ1n) is 7.51. The fourth-order valence-electron chi connectivity index (χ4n) is 1.78. The Hall–Kier alpha value is -0.520. The summed E-state index contributed by atoms with van der Waals surface area (Å²) in [5, 5.41) is 0. The molecule has 0 fully saturated rings. The maximum absolute atomic E-state index is 3.86. The van der Waals surface area contributed by atoms with Crippen LogP contribution in [0.5, 0.6) is 0 Å². The van der Waals surface area contributed by atoms with Crippen LogP contribution in [0.1, 0.15) is 77.6 Å². The molecule has 0 nitrogen and oxygen atoms in total. The maximum Gasteiger partial charge on any atom is -0.0351 e. The largest absolute Gasteiger partial charge is 0.0885 e. The fourth-order valence-corrected chi connectivity index (χ4v) is 1.78. The van der Waals surface area contributed by atoms with Gasteiger partial charge in [0.15, 0.2) is 0 Å². The van der Waals surface area contributed by atoms with E-state index >= 15 is 0 Å². The predicted molar refractivity (Wildman–Crippen MR) is 80.1 cm³/mol. The van der Waals surface area contributed by atoms with E-state index in [1.165, 1.54) is 64.2 Å². The Kier molecular flexibility index (Phi) is 15.0. The molecule has 17 heavy (non-hydrogen) atoms. The molecule has 0 aliphatic carbocycles. The van der Waals surface area contributed by atoms with Crippen LogP contribution >= 0.6 is 0 Å². The third-order valence-electron chi connectivity index (χ3n) is 2.90. The molecule has 0 aromatic carbocycles. The van der Waals surface area contributed by atoms with Crippen LogP contribution in [0.25, 0.3) is 0 Å². The van der Waals surface area contributed by atoms with E-state index in [-0.39, 0.29) is 0 Å². The van der Waals surface area contributed by atoms with E-state index in [9.17, 15) is 0 Å². The molecule has 0 aromatic rings. The predicted octanol–water partition coefficient (Wildman–Crippen LogP) is 6.24. The van der Waals surface area contributed by atoms with Gasteiger partial charge in [0.25, 0.3) is 0 Å². The van der Waals surface area contributed by atoms with Gasteiger partial charge >= 0.3 is 0 Å². The number of hydrogen-bond acceptors (Lipinski definition) is 0. The number of hydrogen-bond donors (Lipinski definition) is 0. The van der Waals surface area contributed by atoms with Crippen molar-refractivity contribution in [3.8, 4) is 0 Å². The minimum absolute atomic E-state index is 1.09. The molecule has 0 N–H and O–H groups in total. The Bertz CT molecular complexity index is 176. The van der Waals surface area contributed by atoms with Gasteiger partial charge in [-0.1, -0.05) is 63.8 Å². The molecular weight excluding hydrogens is 204 g/mol. The molecule has 99 valence electrons. The summed E-state index contributed by atoms with van der Waals surface area (Å²) < 4.78 is 0. The van der Waals surface area contributed by atoms with Crippen molar-refractivity contribution in [2.75, 3.05) is 0 Å². The Balaban J connectivity index is 3.08. The van der Waals surface area contributed by atoms with Crippen LogP contribution in [0.4, 0.5) is 0 Å². The maximum atomic E-state index is 3.86. The average Bonchev–Trinajstić information content (AvgIpc) is 2.35. The molecule has 0 saturated heterocycles. The molecule has 0 unspecified atom stereocenters. The van der Waals surface area contributed by atoms with Crippen molar-refractivity contribution in [2.24, 2.45) is 0 Å². The fraction of sp³-hybridized carbons (Fsp3) is 0.706. The topological polar surface area (TPSA) is 0 Å². The highest BCUT2D eigenvalue weighted by Crippen LogP contribution is 2.05. The van der Waals surface area contributed by atoms with Crippen molar-refractivity contribution in [2.45, 2.75) is 77.6 Å². The summed E-state index contributed by atoms with van der Waals surface area (Å²) in [7, 11) is 0. The number of allylic oxidation sites excluding steroid dienone is 4. The van der Waals surface area contributed by atoms with E-state index in [1.807, 2.05) is 0 Å². The van der Waals surface area contributed by atoms with E-state index in [1.54, 1.807) is 0 Å². The van der Waals surface area contributed by atoms with Gasteiger partial charge in [0.05, 0.1) is 0 Å². The minimum Gasteiger partial charge on any atom is -0.0885 e. The summed E-state index contributed by atoms with van der Waals surface area (Å²) in [6.07, 6.45) is 23.4. The van der Waals surface area contributed by atoms with Crippen LogP contribution in [-0.4, -0.2) is 0 Å². The molecule has 0 saturated carbocycles. The molecule has 0 bridgehead atoms. The van der Waals surface area contributed by atoms with E-state index < -0.39 is 0 Å². The standard InChI is InChI=1S/C17H31/c1-3-5-7-9-11-13-15-17-16-14-12-10-8-6-4-2/h8,10,13,15H,1,3-7,9,11-12,14,16-17H2,2H3/b10-8+,15-13+. The minimum atomic E-state index is 1.09. The van der Waals surface area contributed by atoms with Crippen molar-refractivity contribution < 1.29 is 0 Å². The highest BCUT2D eigenvalue weighted by atomic mass is 13.9. The Morgan fingerprint density at radius 2 is 1.12 bits per heavy atom. The van der Waals surface area contributed by atoms with Crippen LogP contribution in [0.15, 0.2) is 24.3 Å². The third-order valence-corrected chi connectivity index (χ3v) is 2.90. The van der Waals surface area contributed by atoms with E-state index in [0.29, 0.717) is 0 Å². The third kappa shape index (κ3) is 15.5. The molecule has 0 aliphatic rings. The molecular formula is C17H31. The Morgan fingerprint density at radius 1 is 0.647 bits per heavy atom. The van der Waals surface area contributed by atoms with Crippen molar-refractivity contribution >= 4 is 0 Å². The average molecular weight is 235 g/mol. The molecule has 0 spiro atoms. The lowest BCUT2D eigenvalue weighted by atomic mass is 10.1. The van der Waals surface area contributed by atoms with Crippen molar-refractivity contribution in [1.82, 2.24) is 0 Å². The Morgan fingerprint density at radius 3 is 1.59 bits per heavy atom. The summed E-state index contributed by atoms with van der Waals surface area (Å²) in [4.78, 5) is 0. The van der Waals surface area contributed by atoms with Gasteiger partial charge in [0.1, 0.15) is 0 Å². The van der Waals surface area contributed by atoms with E-state index in [0.717, 1.165) is 6.42 Å². The molecule has 0 atom stereocenters. The molecule has 0 amide bonds. The van der Waals surface area contributed by atoms with E-state index in [4.69, 9.17) is 0 Å². The normalized spacial score (nSPS) is 11.9. The van der Waals surface area contributed by atoms with E-state index in [2.05, 4.69) is 38.2 Å². The number of unbranched alkanes of at least 4 members (excludes halogenated alkanes) is 8. The first-order chi connectivity index (χ1) is 8.41. The molecule has 0 aliphatic heterocycles. The molecule has 1 radical (unpaired) electrons. The zero-order valence-corrected chi connectivity index (χ0v) is 11.8. The van der Waals surface area contributed by atoms with Crippen molar-refractivity contribution in [3.05, 3.63) is 31.2 Å². The highest BCUT2D eigenvalue weighted by molar-refractivity contribution is 4.83. The number of rotatable bonds is 12. The van der Waals surface area contributed by atoms with Gasteiger partial charge in [0.2, 0.25) is 0 Å². The van der Waals surface area contributed by atoms with Gasteiger partial charge in [-0.25, -0.2) is 0 Å². The lowest BCUT2D eigenvalue weighted by molar-refractivity contribution is 0.692. The lowest BCUT2D eigenvalue weighted by Crippen LogP contribution is -1.75. The zero-order chi connectivity index (χ0) is 12.6. The van der Waals surface area contributed by atoms with Gasteiger partial charge < -0.3 is 0 Å². The lowest BCUT2D eigenvalue weighted by Gasteiger charge is -1.95. The SMILES string of the molecule is [CH2]CCCCC/C=C/CCCC/C=C/CCC. The Labute approximate surface area is 109 Å². The monoisotopic (exact) mass is 235 g/mol. The first kappa shape index (κ1) is 16.5. The van der Waals surface area contributed by atoms with Crippen molar-refractivity contribution in [1.29, 1.82) is 0 Å².